The molecule has 0 aromatic heterocycles. The fourth-order valence-corrected chi connectivity index (χ4v) is 1.76. The second-order valence-corrected chi connectivity index (χ2v) is 4.31. The standard InChI is InChI=1S/C13H10ClFN2O2/c14-10-6-4-9(5-7-10)8-16-13-11(15)2-1-3-12(13)17(18)19/h1-7,16H,8H2. The topological polar surface area (TPSA) is 55.2 Å². The summed E-state index contributed by atoms with van der Waals surface area (Å²) < 4.78 is 13.6. The first-order valence-corrected chi connectivity index (χ1v) is 5.87. The maximum atomic E-state index is 13.6. The van der Waals surface area contributed by atoms with E-state index < -0.39 is 10.7 Å². The Balaban J connectivity index is 2.19. The van der Waals surface area contributed by atoms with Crippen LogP contribution >= 0.6 is 11.6 Å². The number of nitro benzene ring substituents is 1. The molecule has 0 atom stereocenters. The van der Waals surface area contributed by atoms with Crippen molar-refractivity contribution in [1.82, 2.24) is 0 Å². The monoisotopic (exact) mass is 280 g/mol. The molecule has 2 aromatic rings. The Morgan fingerprint density at radius 1 is 1.21 bits per heavy atom. The lowest BCUT2D eigenvalue weighted by Crippen LogP contribution is -2.04. The van der Waals surface area contributed by atoms with Crippen molar-refractivity contribution in [3.05, 3.63) is 69.0 Å². The average molecular weight is 281 g/mol. The van der Waals surface area contributed by atoms with Crippen LogP contribution in [0.1, 0.15) is 5.56 Å². The lowest BCUT2D eigenvalue weighted by molar-refractivity contribution is -0.384. The molecule has 0 heterocycles. The Labute approximate surface area is 114 Å². The zero-order chi connectivity index (χ0) is 13.8. The Morgan fingerprint density at radius 3 is 2.53 bits per heavy atom. The molecule has 0 saturated heterocycles. The highest BCUT2D eigenvalue weighted by Gasteiger charge is 2.17. The van der Waals surface area contributed by atoms with Gasteiger partial charge in [-0.25, -0.2) is 4.39 Å². The fraction of sp³-hybridized carbons (Fsp3) is 0.0769. The van der Waals surface area contributed by atoms with Crippen LogP contribution in [0.4, 0.5) is 15.8 Å². The smallest absolute Gasteiger partial charge is 0.295 e. The van der Waals surface area contributed by atoms with Crippen molar-refractivity contribution in [1.29, 1.82) is 0 Å². The predicted molar refractivity (Wildman–Crippen MR) is 71.8 cm³/mol. The number of rotatable bonds is 4. The van der Waals surface area contributed by atoms with E-state index in [4.69, 9.17) is 11.6 Å². The van der Waals surface area contributed by atoms with Crippen LogP contribution in [0.3, 0.4) is 0 Å². The second-order valence-electron chi connectivity index (χ2n) is 3.87. The highest BCUT2D eigenvalue weighted by atomic mass is 35.5. The molecule has 4 nitrogen and oxygen atoms in total. The van der Waals surface area contributed by atoms with Gasteiger partial charge in [0, 0.05) is 17.6 Å². The van der Waals surface area contributed by atoms with E-state index in [-0.39, 0.29) is 17.9 Å². The zero-order valence-corrected chi connectivity index (χ0v) is 10.5. The Morgan fingerprint density at radius 2 is 1.89 bits per heavy atom. The highest BCUT2D eigenvalue weighted by molar-refractivity contribution is 6.30. The fourth-order valence-electron chi connectivity index (χ4n) is 1.63. The molecule has 1 N–H and O–H groups in total. The van der Waals surface area contributed by atoms with Crippen molar-refractivity contribution in [2.24, 2.45) is 0 Å². The molecule has 0 saturated carbocycles. The summed E-state index contributed by atoms with van der Waals surface area (Å²) in [5.74, 6) is -0.650. The minimum absolute atomic E-state index is 0.109. The number of nitro groups is 1. The zero-order valence-electron chi connectivity index (χ0n) is 9.77. The molecule has 0 aliphatic rings. The van der Waals surface area contributed by atoms with Gasteiger partial charge in [0.25, 0.3) is 5.69 Å². The van der Waals surface area contributed by atoms with E-state index in [2.05, 4.69) is 5.32 Å². The molecule has 0 unspecified atom stereocenters. The minimum atomic E-state index is -0.650. The quantitative estimate of drug-likeness (QED) is 0.680. The van der Waals surface area contributed by atoms with Crippen LogP contribution in [0.15, 0.2) is 42.5 Å². The number of anilines is 1. The molecule has 0 aliphatic carbocycles. The first kappa shape index (κ1) is 13.3. The molecular weight excluding hydrogens is 271 g/mol. The predicted octanol–water partition coefficient (Wildman–Crippen LogP) is 4.00. The number of halogens is 2. The SMILES string of the molecule is O=[N+]([O-])c1cccc(F)c1NCc1ccc(Cl)cc1. The van der Waals surface area contributed by atoms with Crippen LogP contribution in [0, 0.1) is 15.9 Å². The van der Waals surface area contributed by atoms with Crippen LogP contribution in [0.5, 0.6) is 0 Å². The molecule has 0 aliphatic heterocycles. The van der Waals surface area contributed by atoms with E-state index in [0.29, 0.717) is 5.02 Å². The summed E-state index contributed by atoms with van der Waals surface area (Å²) in [7, 11) is 0. The molecule has 0 fully saturated rings. The highest BCUT2D eigenvalue weighted by Crippen LogP contribution is 2.27. The molecule has 0 bridgehead atoms. The van der Waals surface area contributed by atoms with Crippen molar-refractivity contribution in [3.8, 4) is 0 Å². The van der Waals surface area contributed by atoms with Gasteiger partial charge >= 0.3 is 0 Å². The van der Waals surface area contributed by atoms with Crippen LogP contribution < -0.4 is 5.32 Å². The summed E-state index contributed by atoms with van der Waals surface area (Å²) in [6.45, 7) is 0.277. The van der Waals surface area contributed by atoms with Crippen molar-refractivity contribution in [2.45, 2.75) is 6.54 Å². The van der Waals surface area contributed by atoms with Gasteiger partial charge in [-0.15, -0.1) is 0 Å². The van der Waals surface area contributed by atoms with Gasteiger partial charge in [0.1, 0.15) is 5.69 Å². The Bertz CT molecular complexity index is 602. The summed E-state index contributed by atoms with van der Waals surface area (Å²) in [4.78, 5) is 10.2. The van der Waals surface area contributed by atoms with E-state index >= 15 is 0 Å². The van der Waals surface area contributed by atoms with Gasteiger partial charge in [0.15, 0.2) is 5.82 Å². The summed E-state index contributed by atoms with van der Waals surface area (Å²) >= 11 is 5.75. The lowest BCUT2D eigenvalue weighted by Gasteiger charge is -2.08. The van der Waals surface area contributed by atoms with Crippen molar-refractivity contribution in [3.63, 3.8) is 0 Å². The van der Waals surface area contributed by atoms with Gasteiger partial charge in [-0.05, 0) is 23.8 Å². The number of hydrogen-bond acceptors (Lipinski definition) is 3. The van der Waals surface area contributed by atoms with Gasteiger partial charge in [-0.3, -0.25) is 10.1 Å². The molecule has 2 aromatic carbocycles. The summed E-state index contributed by atoms with van der Waals surface area (Å²) in [5, 5.41) is 14.1. The molecule has 19 heavy (non-hydrogen) atoms. The van der Waals surface area contributed by atoms with E-state index in [1.54, 1.807) is 24.3 Å². The molecule has 0 radical (unpaired) electrons. The van der Waals surface area contributed by atoms with E-state index in [1.807, 2.05) is 0 Å². The molecule has 98 valence electrons. The summed E-state index contributed by atoms with van der Waals surface area (Å²) in [5.41, 5.74) is 0.457. The summed E-state index contributed by atoms with van der Waals surface area (Å²) in [6, 6.07) is 10.7. The number of para-hydroxylation sites is 1. The van der Waals surface area contributed by atoms with Crippen LogP contribution in [0.25, 0.3) is 0 Å². The molecular formula is C13H10ClFN2O2. The first-order valence-electron chi connectivity index (χ1n) is 5.49. The van der Waals surface area contributed by atoms with Gasteiger partial charge in [0.05, 0.1) is 4.92 Å². The van der Waals surface area contributed by atoms with E-state index in [0.717, 1.165) is 5.56 Å². The molecule has 6 heteroatoms. The van der Waals surface area contributed by atoms with E-state index in [1.165, 1.54) is 18.2 Å². The molecule has 0 spiro atoms. The minimum Gasteiger partial charge on any atom is -0.373 e. The largest absolute Gasteiger partial charge is 0.373 e. The van der Waals surface area contributed by atoms with Crippen molar-refractivity contribution >= 4 is 23.0 Å². The normalized spacial score (nSPS) is 10.2. The third-order valence-corrected chi connectivity index (χ3v) is 2.82. The van der Waals surface area contributed by atoms with Gasteiger partial charge < -0.3 is 5.32 Å². The van der Waals surface area contributed by atoms with Crippen molar-refractivity contribution < 1.29 is 9.31 Å². The number of hydrogen-bond donors (Lipinski definition) is 1. The third-order valence-electron chi connectivity index (χ3n) is 2.57. The van der Waals surface area contributed by atoms with Gasteiger partial charge in [-0.1, -0.05) is 29.8 Å². The van der Waals surface area contributed by atoms with Gasteiger partial charge in [-0.2, -0.15) is 0 Å². The summed E-state index contributed by atoms with van der Waals surface area (Å²) in [6.07, 6.45) is 0. The van der Waals surface area contributed by atoms with Crippen LogP contribution in [-0.2, 0) is 6.54 Å². The first-order chi connectivity index (χ1) is 9.08. The third kappa shape index (κ3) is 3.20. The number of nitrogens with zero attached hydrogens (tertiary/aromatic N) is 1. The number of benzene rings is 2. The second kappa shape index (κ2) is 5.67. The van der Waals surface area contributed by atoms with E-state index in [9.17, 15) is 14.5 Å². The number of nitrogens with one attached hydrogen (secondary N) is 1. The van der Waals surface area contributed by atoms with Crippen LogP contribution in [0.2, 0.25) is 5.02 Å². The molecule has 2 rings (SSSR count). The Hall–Kier alpha value is -2.14. The van der Waals surface area contributed by atoms with Crippen LogP contribution in [-0.4, -0.2) is 4.92 Å². The Kier molecular flexibility index (Phi) is 3.97. The molecule has 0 amide bonds. The lowest BCUT2D eigenvalue weighted by atomic mass is 10.2. The average Bonchev–Trinajstić information content (AvgIpc) is 2.39. The maximum absolute atomic E-state index is 13.6. The maximum Gasteiger partial charge on any atom is 0.295 e. The van der Waals surface area contributed by atoms with Gasteiger partial charge in [0.2, 0.25) is 0 Å². The van der Waals surface area contributed by atoms with Crippen molar-refractivity contribution in [2.75, 3.05) is 5.32 Å².